The zero-order chi connectivity index (χ0) is 24.4. The van der Waals surface area contributed by atoms with Gasteiger partial charge in [-0.25, -0.2) is 0 Å². The molecule has 2 unspecified atom stereocenters. The number of carbonyl (C=O) groups is 1. The molecule has 0 rings (SSSR count). The van der Waals surface area contributed by atoms with Crippen molar-refractivity contribution in [3.05, 3.63) is 48.6 Å². The lowest BCUT2D eigenvalue weighted by molar-refractivity contribution is -0.123. The summed E-state index contributed by atoms with van der Waals surface area (Å²) in [5.41, 5.74) is 0. The van der Waals surface area contributed by atoms with Crippen molar-refractivity contribution in [1.82, 2.24) is 5.32 Å². The van der Waals surface area contributed by atoms with E-state index in [2.05, 4.69) is 67.8 Å². The summed E-state index contributed by atoms with van der Waals surface area (Å²) < 4.78 is 0. The summed E-state index contributed by atoms with van der Waals surface area (Å²) in [6.45, 7) is 4.12. The van der Waals surface area contributed by atoms with Gasteiger partial charge < -0.3 is 15.5 Å². The van der Waals surface area contributed by atoms with E-state index in [0.717, 1.165) is 57.8 Å². The lowest BCUT2D eigenvalue weighted by atomic mass is 10.0. The number of nitrogens with one attached hydrogen (secondary N) is 1. The molecule has 4 nitrogen and oxygen atoms in total. The minimum atomic E-state index is -0.672. The van der Waals surface area contributed by atoms with Crippen LogP contribution in [0.2, 0.25) is 0 Å². The molecule has 0 saturated carbocycles. The average molecular weight is 462 g/mol. The van der Waals surface area contributed by atoms with E-state index in [9.17, 15) is 15.0 Å². The zero-order valence-electron chi connectivity index (χ0n) is 21.4. The van der Waals surface area contributed by atoms with Crippen molar-refractivity contribution in [2.45, 2.75) is 122 Å². The van der Waals surface area contributed by atoms with Gasteiger partial charge in [-0.3, -0.25) is 4.79 Å². The summed E-state index contributed by atoms with van der Waals surface area (Å²) in [6, 6.07) is -0.553. The number of allylic oxidation sites excluding steroid dienone is 8. The van der Waals surface area contributed by atoms with Crippen LogP contribution < -0.4 is 5.32 Å². The highest BCUT2D eigenvalue weighted by Gasteiger charge is 2.19. The Balaban J connectivity index is 3.77. The van der Waals surface area contributed by atoms with Crippen LogP contribution in [0.1, 0.15) is 110 Å². The van der Waals surface area contributed by atoms with Crippen LogP contribution in [0, 0.1) is 0 Å². The van der Waals surface area contributed by atoms with Crippen LogP contribution in [0.15, 0.2) is 48.6 Å². The van der Waals surface area contributed by atoms with Gasteiger partial charge in [-0.15, -0.1) is 0 Å². The predicted octanol–water partition coefficient (Wildman–Crippen LogP) is 6.94. The molecule has 0 aliphatic rings. The van der Waals surface area contributed by atoms with Gasteiger partial charge in [-0.2, -0.15) is 0 Å². The first-order chi connectivity index (χ1) is 16.2. The number of hydrogen-bond acceptors (Lipinski definition) is 3. The molecule has 0 aliphatic heterocycles. The number of amides is 1. The Morgan fingerprint density at radius 3 is 1.94 bits per heavy atom. The summed E-state index contributed by atoms with van der Waals surface area (Å²) in [4.78, 5) is 12.1. The Labute approximate surface area is 203 Å². The fraction of sp³-hybridized carbons (Fsp3) is 0.690. The second-order valence-corrected chi connectivity index (χ2v) is 8.73. The molecule has 0 bridgehead atoms. The van der Waals surface area contributed by atoms with E-state index in [0.29, 0.717) is 12.8 Å². The van der Waals surface area contributed by atoms with Gasteiger partial charge in [0.25, 0.3) is 0 Å². The van der Waals surface area contributed by atoms with Crippen molar-refractivity contribution >= 4 is 5.91 Å². The first-order valence-corrected chi connectivity index (χ1v) is 13.3. The second-order valence-electron chi connectivity index (χ2n) is 8.73. The van der Waals surface area contributed by atoms with Gasteiger partial charge in [0, 0.05) is 6.42 Å². The molecule has 0 spiro atoms. The van der Waals surface area contributed by atoms with Gasteiger partial charge in [0.1, 0.15) is 0 Å². The average Bonchev–Trinajstić information content (AvgIpc) is 2.82. The maximum absolute atomic E-state index is 12.1. The number of carbonyl (C=O) groups excluding carboxylic acids is 1. The molecule has 0 fully saturated rings. The molecule has 0 aliphatic carbocycles. The number of hydrogen-bond donors (Lipinski definition) is 3. The summed E-state index contributed by atoms with van der Waals surface area (Å²) in [5.74, 6) is -0.0822. The van der Waals surface area contributed by atoms with Crippen LogP contribution in [0.4, 0.5) is 0 Å². The van der Waals surface area contributed by atoms with Gasteiger partial charge in [0.2, 0.25) is 5.91 Å². The second kappa shape index (κ2) is 25.0. The number of rotatable bonds is 22. The Morgan fingerprint density at radius 1 is 0.758 bits per heavy atom. The molecular formula is C29H51NO3. The van der Waals surface area contributed by atoms with Crippen molar-refractivity contribution in [2.24, 2.45) is 0 Å². The lowest BCUT2D eigenvalue weighted by Gasteiger charge is -2.22. The molecule has 0 heterocycles. The molecule has 0 aromatic carbocycles. The van der Waals surface area contributed by atoms with Crippen LogP contribution in [-0.4, -0.2) is 34.9 Å². The Kier molecular flexibility index (Phi) is 23.7. The Hall–Kier alpha value is -1.65. The number of unbranched alkanes of at least 4 members (excludes halogenated alkanes) is 7. The third-order valence-electron chi connectivity index (χ3n) is 5.60. The molecule has 190 valence electrons. The van der Waals surface area contributed by atoms with E-state index in [-0.39, 0.29) is 12.5 Å². The van der Waals surface area contributed by atoms with Gasteiger partial charge in [0.15, 0.2) is 0 Å². The van der Waals surface area contributed by atoms with Crippen molar-refractivity contribution < 1.29 is 15.0 Å². The smallest absolute Gasteiger partial charge is 0.220 e. The van der Waals surface area contributed by atoms with Gasteiger partial charge >= 0.3 is 0 Å². The van der Waals surface area contributed by atoms with Gasteiger partial charge in [-0.05, 0) is 51.4 Å². The third-order valence-corrected chi connectivity index (χ3v) is 5.60. The fourth-order valence-corrected chi connectivity index (χ4v) is 3.52. The number of aliphatic hydroxyl groups excluding tert-OH is 2. The highest BCUT2D eigenvalue weighted by atomic mass is 16.3. The van der Waals surface area contributed by atoms with Crippen molar-refractivity contribution in [3.8, 4) is 0 Å². The third kappa shape index (κ3) is 21.9. The summed E-state index contributed by atoms with van der Waals surface area (Å²) in [7, 11) is 0. The molecular weight excluding hydrogens is 410 g/mol. The first kappa shape index (κ1) is 31.4. The highest BCUT2D eigenvalue weighted by Crippen LogP contribution is 2.11. The quantitative estimate of drug-likeness (QED) is 0.121. The van der Waals surface area contributed by atoms with Crippen LogP contribution in [0.25, 0.3) is 0 Å². The molecule has 2 atom stereocenters. The standard InChI is InChI=1S/C29H51NO3/c1-3-5-7-9-11-12-13-14-15-16-17-18-19-21-23-25-29(33)30-27(26-31)28(32)24-22-20-10-8-6-4-2/h5,7,11-12,14-15,17-18,27-28,31-32H,3-4,6,8-10,13,16,19-26H2,1-2H3,(H,30,33)/b7-5-,12-11-,15-14-,18-17-. The predicted molar refractivity (Wildman–Crippen MR) is 142 cm³/mol. The van der Waals surface area contributed by atoms with Gasteiger partial charge in [-0.1, -0.05) is 101 Å². The summed E-state index contributed by atoms with van der Waals surface area (Å²) >= 11 is 0. The van der Waals surface area contributed by atoms with E-state index < -0.39 is 12.1 Å². The molecule has 33 heavy (non-hydrogen) atoms. The fourth-order valence-electron chi connectivity index (χ4n) is 3.52. The Bertz CT molecular complexity index is 551. The number of aliphatic hydroxyl groups is 2. The maximum atomic E-state index is 12.1. The first-order valence-electron chi connectivity index (χ1n) is 13.3. The van der Waals surface area contributed by atoms with E-state index in [4.69, 9.17) is 0 Å². The molecule has 0 aromatic rings. The summed E-state index contributed by atoms with van der Waals surface area (Å²) in [5, 5.41) is 22.6. The molecule has 0 aromatic heterocycles. The molecule has 0 radical (unpaired) electrons. The topological polar surface area (TPSA) is 69.6 Å². The maximum Gasteiger partial charge on any atom is 0.220 e. The molecule has 1 amide bonds. The molecule has 4 heteroatoms. The SMILES string of the molecule is CC/C=C\C/C=C\C/C=C\C/C=C\CCCCC(=O)NC(CO)C(O)CCCCCCCC. The Morgan fingerprint density at radius 2 is 1.33 bits per heavy atom. The normalized spacial score (nSPS) is 14.2. The highest BCUT2D eigenvalue weighted by molar-refractivity contribution is 5.76. The van der Waals surface area contributed by atoms with Gasteiger partial charge in [0.05, 0.1) is 18.8 Å². The van der Waals surface area contributed by atoms with Crippen LogP contribution in [-0.2, 0) is 4.79 Å². The van der Waals surface area contributed by atoms with E-state index in [1.807, 2.05) is 0 Å². The van der Waals surface area contributed by atoms with Crippen molar-refractivity contribution in [2.75, 3.05) is 6.61 Å². The van der Waals surface area contributed by atoms with Crippen LogP contribution in [0.5, 0.6) is 0 Å². The van der Waals surface area contributed by atoms with Crippen molar-refractivity contribution in [3.63, 3.8) is 0 Å². The van der Waals surface area contributed by atoms with Crippen LogP contribution >= 0.6 is 0 Å². The van der Waals surface area contributed by atoms with E-state index >= 15 is 0 Å². The monoisotopic (exact) mass is 461 g/mol. The largest absolute Gasteiger partial charge is 0.394 e. The lowest BCUT2D eigenvalue weighted by Crippen LogP contribution is -2.45. The van der Waals surface area contributed by atoms with E-state index in [1.165, 1.54) is 25.7 Å². The molecule has 0 saturated heterocycles. The minimum Gasteiger partial charge on any atom is -0.394 e. The van der Waals surface area contributed by atoms with Crippen molar-refractivity contribution in [1.29, 1.82) is 0 Å². The van der Waals surface area contributed by atoms with Crippen LogP contribution in [0.3, 0.4) is 0 Å². The zero-order valence-corrected chi connectivity index (χ0v) is 21.4. The van der Waals surface area contributed by atoms with E-state index in [1.54, 1.807) is 0 Å². The minimum absolute atomic E-state index is 0.0822. The summed E-state index contributed by atoms with van der Waals surface area (Å²) in [6.07, 6.45) is 31.6. The molecule has 3 N–H and O–H groups in total.